The molecule has 0 aromatic rings. The van der Waals surface area contributed by atoms with E-state index in [9.17, 15) is 24.3 Å². The molecule has 0 rings (SSSR count). The summed E-state index contributed by atoms with van der Waals surface area (Å²) in [6, 6.07) is 0. The van der Waals surface area contributed by atoms with Crippen LogP contribution in [0, 0.1) is 0 Å². The van der Waals surface area contributed by atoms with Crippen LogP contribution in [0.2, 0.25) is 0 Å². The fourth-order valence-electron chi connectivity index (χ4n) is 1.61. The number of carbonyl (C=O) groups excluding carboxylic acids is 4. The lowest BCUT2D eigenvalue weighted by Gasteiger charge is -2.30. The van der Waals surface area contributed by atoms with Gasteiger partial charge >= 0.3 is 23.9 Å². The van der Waals surface area contributed by atoms with E-state index in [1.54, 1.807) is 0 Å². The van der Waals surface area contributed by atoms with Crippen molar-refractivity contribution < 1.29 is 43.2 Å². The van der Waals surface area contributed by atoms with Gasteiger partial charge in [-0.25, -0.2) is 0 Å². The van der Waals surface area contributed by atoms with Crippen molar-refractivity contribution in [3.63, 3.8) is 0 Å². The molecule has 0 heterocycles. The summed E-state index contributed by atoms with van der Waals surface area (Å²) in [5.74, 6) is -2.86. The fourth-order valence-corrected chi connectivity index (χ4v) is 1.61. The van der Waals surface area contributed by atoms with E-state index in [1.165, 1.54) is 0 Å². The maximum absolute atomic E-state index is 11.2. The molecule has 9 heteroatoms. The molecule has 0 bridgehead atoms. The Kier molecular flexibility index (Phi) is 8.76. The Morgan fingerprint density at radius 3 is 1.59 bits per heavy atom. The number of carbonyl (C=O) groups is 4. The van der Waals surface area contributed by atoms with Gasteiger partial charge in [0.05, 0.1) is 6.61 Å². The third-order valence-corrected chi connectivity index (χ3v) is 2.30. The largest absolute Gasteiger partial charge is 0.462 e. The van der Waals surface area contributed by atoms with E-state index in [0.717, 1.165) is 27.7 Å². The molecule has 22 heavy (non-hydrogen) atoms. The van der Waals surface area contributed by atoms with Crippen molar-refractivity contribution in [2.24, 2.45) is 0 Å². The fraction of sp³-hybridized carbons (Fsp3) is 0.692. The van der Waals surface area contributed by atoms with E-state index < -0.39 is 55.4 Å². The van der Waals surface area contributed by atoms with Gasteiger partial charge in [-0.3, -0.25) is 19.2 Å². The van der Waals surface area contributed by atoms with Gasteiger partial charge in [-0.1, -0.05) is 0 Å². The highest BCUT2D eigenvalue weighted by molar-refractivity contribution is 5.68. The SMILES string of the molecule is CC(=O)OC[C@H](OC(C)=O)C(OC(C)=O)C(CO)OC(C)=O. The first-order valence-electron chi connectivity index (χ1n) is 6.43. The molecule has 0 amide bonds. The van der Waals surface area contributed by atoms with Gasteiger partial charge in [-0.05, 0) is 0 Å². The lowest BCUT2D eigenvalue weighted by Crippen LogP contribution is -2.48. The highest BCUT2D eigenvalue weighted by Crippen LogP contribution is 2.14. The molecule has 0 aliphatic heterocycles. The van der Waals surface area contributed by atoms with Gasteiger partial charge in [-0.15, -0.1) is 0 Å². The normalized spacial score (nSPS) is 14.2. The Bertz CT molecular complexity index is 418. The van der Waals surface area contributed by atoms with Gasteiger partial charge in [0, 0.05) is 27.7 Å². The second-order valence-electron chi connectivity index (χ2n) is 4.35. The van der Waals surface area contributed by atoms with Crippen LogP contribution in [-0.2, 0) is 38.1 Å². The van der Waals surface area contributed by atoms with Crippen molar-refractivity contribution in [3.05, 3.63) is 0 Å². The summed E-state index contributed by atoms with van der Waals surface area (Å²) in [5, 5.41) is 9.30. The summed E-state index contributed by atoms with van der Waals surface area (Å²) in [5.41, 5.74) is 0. The van der Waals surface area contributed by atoms with Crippen LogP contribution in [0.25, 0.3) is 0 Å². The summed E-state index contributed by atoms with van der Waals surface area (Å²) < 4.78 is 19.5. The highest BCUT2D eigenvalue weighted by atomic mass is 16.6. The smallest absolute Gasteiger partial charge is 0.303 e. The van der Waals surface area contributed by atoms with E-state index in [4.69, 9.17) is 18.9 Å². The quantitative estimate of drug-likeness (QED) is 0.458. The van der Waals surface area contributed by atoms with Crippen molar-refractivity contribution in [2.45, 2.75) is 46.0 Å². The molecular formula is C13H20O9. The summed E-state index contributed by atoms with van der Waals surface area (Å²) in [6.07, 6.45) is -3.84. The second-order valence-corrected chi connectivity index (χ2v) is 4.35. The van der Waals surface area contributed by atoms with E-state index >= 15 is 0 Å². The third-order valence-electron chi connectivity index (χ3n) is 2.30. The van der Waals surface area contributed by atoms with Crippen molar-refractivity contribution in [1.29, 1.82) is 0 Å². The molecule has 0 aromatic heterocycles. The number of aliphatic hydroxyl groups excluding tert-OH is 1. The second kappa shape index (κ2) is 9.72. The molecule has 126 valence electrons. The molecule has 0 aromatic carbocycles. The number of aliphatic hydroxyl groups is 1. The number of esters is 4. The van der Waals surface area contributed by atoms with Gasteiger partial charge < -0.3 is 24.1 Å². The Morgan fingerprint density at radius 2 is 1.23 bits per heavy atom. The molecule has 9 nitrogen and oxygen atoms in total. The molecule has 1 N–H and O–H groups in total. The summed E-state index contributed by atoms with van der Waals surface area (Å²) in [7, 11) is 0. The number of ether oxygens (including phenoxy) is 4. The molecule has 3 atom stereocenters. The van der Waals surface area contributed by atoms with Crippen LogP contribution in [-0.4, -0.2) is 60.5 Å². The minimum absolute atomic E-state index is 0.426. The molecule has 0 saturated heterocycles. The van der Waals surface area contributed by atoms with Crippen LogP contribution >= 0.6 is 0 Å². The Morgan fingerprint density at radius 1 is 0.773 bits per heavy atom. The van der Waals surface area contributed by atoms with Crippen LogP contribution in [0.3, 0.4) is 0 Å². The molecule has 0 fully saturated rings. The first-order valence-corrected chi connectivity index (χ1v) is 6.43. The van der Waals surface area contributed by atoms with Gasteiger partial charge in [-0.2, -0.15) is 0 Å². The molecule has 0 spiro atoms. The maximum atomic E-state index is 11.2. The van der Waals surface area contributed by atoms with Crippen LogP contribution < -0.4 is 0 Å². The van der Waals surface area contributed by atoms with Gasteiger partial charge in [0.25, 0.3) is 0 Å². The number of hydrogen-bond acceptors (Lipinski definition) is 9. The van der Waals surface area contributed by atoms with E-state index in [0.29, 0.717) is 0 Å². The molecule has 0 radical (unpaired) electrons. The Hall–Kier alpha value is -2.16. The Balaban J connectivity index is 5.30. The van der Waals surface area contributed by atoms with Crippen molar-refractivity contribution in [1.82, 2.24) is 0 Å². The summed E-state index contributed by atoms with van der Waals surface area (Å²) in [6.45, 7) is 3.32. The lowest BCUT2D eigenvalue weighted by molar-refractivity contribution is -0.192. The zero-order valence-corrected chi connectivity index (χ0v) is 12.9. The molecule has 0 aliphatic carbocycles. The number of hydrogen-bond donors (Lipinski definition) is 1. The maximum Gasteiger partial charge on any atom is 0.303 e. The van der Waals surface area contributed by atoms with Crippen LogP contribution in [0.15, 0.2) is 0 Å². The minimum Gasteiger partial charge on any atom is -0.462 e. The topological polar surface area (TPSA) is 125 Å². The van der Waals surface area contributed by atoms with Crippen molar-refractivity contribution in [3.8, 4) is 0 Å². The minimum atomic E-state index is -1.32. The first-order chi connectivity index (χ1) is 10.2. The van der Waals surface area contributed by atoms with Gasteiger partial charge in [0.2, 0.25) is 0 Å². The zero-order chi connectivity index (χ0) is 17.3. The molecule has 0 aliphatic rings. The predicted octanol–water partition coefficient (Wildman–Crippen LogP) is -0.663. The standard InChI is InChI=1S/C13H20O9/c1-7(15)19-6-12(21-9(3)17)13(22-10(4)18)11(5-14)20-8(2)16/h11-14H,5-6H2,1-4H3/t11?,12-,13?/m0/s1. The predicted molar refractivity (Wildman–Crippen MR) is 70.4 cm³/mol. The first kappa shape index (κ1) is 19.8. The van der Waals surface area contributed by atoms with Crippen molar-refractivity contribution in [2.75, 3.05) is 13.2 Å². The van der Waals surface area contributed by atoms with Gasteiger partial charge in [0.15, 0.2) is 18.3 Å². The number of rotatable bonds is 8. The van der Waals surface area contributed by atoms with Gasteiger partial charge in [0.1, 0.15) is 6.61 Å². The van der Waals surface area contributed by atoms with E-state index in [-0.39, 0.29) is 0 Å². The van der Waals surface area contributed by atoms with Crippen LogP contribution in [0.4, 0.5) is 0 Å². The van der Waals surface area contributed by atoms with Crippen molar-refractivity contribution >= 4 is 23.9 Å². The molecule has 0 saturated carbocycles. The summed E-state index contributed by atoms with van der Waals surface area (Å²) in [4.78, 5) is 44.3. The van der Waals surface area contributed by atoms with Crippen LogP contribution in [0.1, 0.15) is 27.7 Å². The van der Waals surface area contributed by atoms with E-state index in [1.807, 2.05) is 0 Å². The highest BCUT2D eigenvalue weighted by Gasteiger charge is 2.37. The monoisotopic (exact) mass is 320 g/mol. The third kappa shape index (κ3) is 8.20. The molecule has 2 unspecified atom stereocenters. The van der Waals surface area contributed by atoms with Crippen LogP contribution in [0.5, 0.6) is 0 Å². The summed E-state index contributed by atoms with van der Waals surface area (Å²) >= 11 is 0. The van der Waals surface area contributed by atoms with E-state index in [2.05, 4.69) is 0 Å². The lowest BCUT2D eigenvalue weighted by atomic mass is 10.1. The average Bonchev–Trinajstić information content (AvgIpc) is 2.37. The Labute approximate surface area is 127 Å². The molecular weight excluding hydrogens is 300 g/mol. The zero-order valence-electron chi connectivity index (χ0n) is 12.9. The average molecular weight is 320 g/mol.